The van der Waals surface area contributed by atoms with Gasteiger partial charge in [-0.1, -0.05) is 0 Å². The fourth-order valence-electron chi connectivity index (χ4n) is 1.83. The van der Waals surface area contributed by atoms with Crippen molar-refractivity contribution < 1.29 is 0 Å². The molecule has 1 saturated heterocycles. The Morgan fingerprint density at radius 2 is 2.00 bits per heavy atom. The molecule has 2 heterocycles. The third kappa shape index (κ3) is 1.85. The molecule has 2 N–H and O–H groups in total. The van der Waals surface area contributed by atoms with Gasteiger partial charge in [0.1, 0.15) is 5.82 Å². The average molecular weight is 256 g/mol. The molecule has 0 amide bonds. The van der Waals surface area contributed by atoms with Crippen molar-refractivity contribution in [2.45, 2.75) is 19.3 Å². The molecular formula is C10H14BrN3. The number of aromatic nitrogens is 1. The number of piperidine rings is 1. The number of hydrogen-bond donors (Lipinski definition) is 1. The minimum absolute atomic E-state index is 0.577. The van der Waals surface area contributed by atoms with Gasteiger partial charge in [0.05, 0.1) is 10.2 Å². The molecule has 0 unspecified atom stereocenters. The van der Waals surface area contributed by atoms with Crippen molar-refractivity contribution in [3.63, 3.8) is 0 Å². The summed E-state index contributed by atoms with van der Waals surface area (Å²) in [6.45, 7) is 2.25. The van der Waals surface area contributed by atoms with E-state index in [0.29, 0.717) is 5.82 Å². The Hall–Kier alpha value is -0.770. The Morgan fingerprint density at radius 3 is 2.71 bits per heavy atom. The van der Waals surface area contributed by atoms with Gasteiger partial charge in [-0.3, -0.25) is 0 Å². The summed E-state index contributed by atoms with van der Waals surface area (Å²) in [6, 6.07) is 2.02. The minimum Gasteiger partial charge on any atom is -0.383 e. The first-order valence-corrected chi connectivity index (χ1v) is 5.73. The largest absolute Gasteiger partial charge is 0.383 e. The van der Waals surface area contributed by atoms with E-state index in [-0.39, 0.29) is 0 Å². The maximum atomic E-state index is 5.74. The number of anilines is 2. The SMILES string of the molecule is Nc1nccc(N2CCCCC2)c1Br. The number of pyridine rings is 1. The van der Waals surface area contributed by atoms with Gasteiger partial charge in [-0.15, -0.1) is 0 Å². The zero-order valence-electron chi connectivity index (χ0n) is 8.04. The number of nitrogens with zero attached hydrogens (tertiary/aromatic N) is 2. The highest BCUT2D eigenvalue weighted by Gasteiger charge is 2.14. The Labute approximate surface area is 92.4 Å². The summed E-state index contributed by atoms with van der Waals surface area (Å²) in [5.41, 5.74) is 6.92. The predicted molar refractivity (Wildman–Crippen MR) is 62.4 cm³/mol. The van der Waals surface area contributed by atoms with Gasteiger partial charge < -0.3 is 10.6 Å². The van der Waals surface area contributed by atoms with Crippen molar-refractivity contribution in [1.82, 2.24) is 4.98 Å². The van der Waals surface area contributed by atoms with Crippen LogP contribution < -0.4 is 10.6 Å². The van der Waals surface area contributed by atoms with Crippen LogP contribution in [0.1, 0.15) is 19.3 Å². The quantitative estimate of drug-likeness (QED) is 0.839. The summed E-state index contributed by atoms with van der Waals surface area (Å²) in [6.07, 6.45) is 5.65. The van der Waals surface area contributed by atoms with E-state index in [1.807, 2.05) is 6.07 Å². The number of rotatable bonds is 1. The summed E-state index contributed by atoms with van der Waals surface area (Å²) >= 11 is 3.49. The highest BCUT2D eigenvalue weighted by Crippen LogP contribution is 2.31. The number of nitrogen functional groups attached to an aromatic ring is 1. The molecule has 2 rings (SSSR count). The fraction of sp³-hybridized carbons (Fsp3) is 0.500. The Bertz CT molecular complexity index is 321. The van der Waals surface area contributed by atoms with E-state index < -0.39 is 0 Å². The zero-order valence-corrected chi connectivity index (χ0v) is 9.63. The topological polar surface area (TPSA) is 42.1 Å². The average Bonchev–Trinajstić information content (AvgIpc) is 2.23. The van der Waals surface area contributed by atoms with Gasteiger partial charge in [0.15, 0.2) is 0 Å². The third-order valence-corrected chi connectivity index (χ3v) is 3.41. The molecule has 0 radical (unpaired) electrons. The molecular weight excluding hydrogens is 242 g/mol. The van der Waals surface area contributed by atoms with Crippen LogP contribution in [0.25, 0.3) is 0 Å². The van der Waals surface area contributed by atoms with Crippen LogP contribution in [-0.2, 0) is 0 Å². The molecule has 1 aromatic rings. The van der Waals surface area contributed by atoms with E-state index in [2.05, 4.69) is 25.8 Å². The lowest BCUT2D eigenvalue weighted by atomic mass is 10.1. The van der Waals surface area contributed by atoms with Crippen molar-refractivity contribution in [1.29, 1.82) is 0 Å². The zero-order chi connectivity index (χ0) is 9.97. The second-order valence-corrected chi connectivity index (χ2v) is 4.37. The Kier molecular flexibility index (Phi) is 2.91. The van der Waals surface area contributed by atoms with Crippen molar-refractivity contribution in [3.8, 4) is 0 Å². The van der Waals surface area contributed by atoms with E-state index in [4.69, 9.17) is 5.73 Å². The highest BCUT2D eigenvalue weighted by atomic mass is 79.9. The van der Waals surface area contributed by atoms with Crippen LogP contribution >= 0.6 is 15.9 Å². The fourth-order valence-corrected chi connectivity index (χ4v) is 2.31. The number of halogens is 1. The number of nitrogens with two attached hydrogens (primary N) is 1. The smallest absolute Gasteiger partial charge is 0.139 e. The lowest BCUT2D eigenvalue weighted by Gasteiger charge is -2.29. The molecule has 0 aromatic carbocycles. The Morgan fingerprint density at radius 1 is 1.29 bits per heavy atom. The van der Waals surface area contributed by atoms with Gasteiger partial charge in [0.25, 0.3) is 0 Å². The predicted octanol–water partition coefficient (Wildman–Crippen LogP) is 2.42. The molecule has 1 aromatic heterocycles. The van der Waals surface area contributed by atoms with Crippen molar-refractivity contribution in [2.24, 2.45) is 0 Å². The van der Waals surface area contributed by atoms with E-state index in [9.17, 15) is 0 Å². The molecule has 0 bridgehead atoms. The minimum atomic E-state index is 0.577. The molecule has 0 aliphatic carbocycles. The molecule has 3 nitrogen and oxygen atoms in total. The van der Waals surface area contributed by atoms with Crippen LogP contribution in [-0.4, -0.2) is 18.1 Å². The van der Waals surface area contributed by atoms with Gasteiger partial charge in [-0.2, -0.15) is 0 Å². The molecule has 1 aliphatic heterocycles. The summed E-state index contributed by atoms with van der Waals surface area (Å²) < 4.78 is 0.932. The lowest BCUT2D eigenvalue weighted by Crippen LogP contribution is -2.29. The molecule has 4 heteroatoms. The second kappa shape index (κ2) is 4.17. The molecule has 1 fully saturated rings. The first kappa shape index (κ1) is 9.77. The van der Waals surface area contributed by atoms with Crippen LogP contribution in [0.4, 0.5) is 11.5 Å². The molecule has 0 saturated carbocycles. The van der Waals surface area contributed by atoms with Crippen LogP contribution in [0.15, 0.2) is 16.7 Å². The molecule has 0 spiro atoms. The van der Waals surface area contributed by atoms with Crippen molar-refractivity contribution in [2.75, 3.05) is 23.7 Å². The summed E-state index contributed by atoms with van der Waals surface area (Å²) in [5, 5.41) is 0. The van der Waals surface area contributed by atoms with Gasteiger partial charge in [0, 0.05) is 19.3 Å². The van der Waals surface area contributed by atoms with E-state index in [0.717, 1.165) is 17.6 Å². The standard InChI is InChI=1S/C10H14BrN3/c11-9-8(4-5-13-10(9)12)14-6-2-1-3-7-14/h4-5H,1-3,6-7H2,(H2,12,13). The second-order valence-electron chi connectivity index (χ2n) is 3.58. The van der Waals surface area contributed by atoms with Crippen LogP contribution in [0.3, 0.4) is 0 Å². The van der Waals surface area contributed by atoms with Crippen molar-refractivity contribution >= 4 is 27.4 Å². The van der Waals surface area contributed by atoms with Gasteiger partial charge >= 0.3 is 0 Å². The van der Waals surface area contributed by atoms with Gasteiger partial charge in [-0.05, 0) is 41.3 Å². The Balaban J connectivity index is 2.26. The maximum Gasteiger partial charge on any atom is 0.139 e. The summed E-state index contributed by atoms with van der Waals surface area (Å²) in [5.74, 6) is 0.577. The molecule has 14 heavy (non-hydrogen) atoms. The van der Waals surface area contributed by atoms with E-state index >= 15 is 0 Å². The maximum absolute atomic E-state index is 5.74. The van der Waals surface area contributed by atoms with E-state index in [1.54, 1.807) is 6.20 Å². The normalized spacial score (nSPS) is 17.1. The number of hydrogen-bond acceptors (Lipinski definition) is 3. The van der Waals surface area contributed by atoms with Gasteiger partial charge in [0.2, 0.25) is 0 Å². The monoisotopic (exact) mass is 255 g/mol. The van der Waals surface area contributed by atoms with Crippen LogP contribution in [0.2, 0.25) is 0 Å². The summed E-state index contributed by atoms with van der Waals surface area (Å²) in [7, 11) is 0. The molecule has 76 valence electrons. The first-order chi connectivity index (χ1) is 6.79. The van der Waals surface area contributed by atoms with Crippen molar-refractivity contribution in [3.05, 3.63) is 16.7 Å². The van der Waals surface area contributed by atoms with E-state index in [1.165, 1.54) is 24.9 Å². The lowest BCUT2D eigenvalue weighted by molar-refractivity contribution is 0.577. The first-order valence-electron chi connectivity index (χ1n) is 4.94. The molecule has 1 aliphatic rings. The van der Waals surface area contributed by atoms with Crippen LogP contribution in [0, 0.1) is 0 Å². The summed E-state index contributed by atoms with van der Waals surface area (Å²) in [4.78, 5) is 6.41. The van der Waals surface area contributed by atoms with Crippen LogP contribution in [0.5, 0.6) is 0 Å². The molecule has 0 atom stereocenters. The highest BCUT2D eigenvalue weighted by molar-refractivity contribution is 9.10. The van der Waals surface area contributed by atoms with Gasteiger partial charge in [-0.25, -0.2) is 4.98 Å². The third-order valence-electron chi connectivity index (χ3n) is 2.59.